The van der Waals surface area contributed by atoms with E-state index in [-0.39, 0.29) is 0 Å². The Morgan fingerprint density at radius 2 is 1.83 bits per heavy atom. The third-order valence-electron chi connectivity index (χ3n) is 5.82. The fourth-order valence-electron chi connectivity index (χ4n) is 4.15. The van der Waals surface area contributed by atoms with Gasteiger partial charge in [0, 0.05) is 0 Å². The quantitative estimate of drug-likeness (QED) is 0.500. The molecule has 2 aromatic carbocycles. The summed E-state index contributed by atoms with van der Waals surface area (Å²) in [6.45, 7) is 4.42. The average molecular weight is 389 g/mol. The number of aromatic carboxylic acids is 1. The second-order valence-corrected chi connectivity index (χ2v) is 8.04. The van der Waals surface area contributed by atoms with Gasteiger partial charge in [0.25, 0.3) is 0 Å². The van der Waals surface area contributed by atoms with E-state index in [1.165, 1.54) is 24.8 Å². The van der Waals surface area contributed by atoms with Gasteiger partial charge in [-0.2, -0.15) is 0 Å². The van der Waals surface area contributed by atoms with Crippen LogP contribution in [0.1, 0.15) is 80.3 Å². The topological polar surface area (TPSA) is 37.3 Å². The molecule has 1 aliphatic carbocycles. The maximum atomic E-state index is 11.8. The lowest BCUT2D eigenvalue weighted by Crippen LogP contribution is -2.06. The lowest BCUT2D eigenvalue weighted by molar-refractivity contribution is 0.0697. The minimum atomic E-state index is -0.876. The van der Waals surface area contributed by atoms with Crippen LogP contribution in [-0.2, 0) is 0 Å². The molecule has 0 aromatic heterocycles. The van der Waals surface area contributed by atoms with Gasteiger partial charge in [-0.25, -0.2) is 4.79 Å². The van der Waals surface area contributed by atoms with E-state index in [2.05, 4.69) is 50.3 Å². The van der Waals surface area contributed by atoms with E-state index in [0.29, 0.717) is 5.56 Å². The Morgan fingerprint density at radius 3 is 2.45 bits per heavy atom. The number of hydrogen-bond acceptors (Lipinski definition) is 1. The van der Waals surface area contributed by atoms with Crippen LogP contribution >= 0.6 is 0 Å². The molecule has 2 heteroatoms. The Hall–Kier alpha value is -2.61. The highest BCUT2D eigenvalue weighted by molar-refractivity contribution is 5.97. The van der Waals surface area contributed by atoms with E-state index in [1.807, 2.05) is 18.2 Å². The van der Waals surface area contributed by atoms with E-state index in [1.54, 1.807) is 6.07 Å². The van der Waals surface area contributed by atoms with Gasteiger partial charge < -0.3 is 5.11 Å². The van der Waals surface area contributed by atoms with Gasteiger partial charge in [-0.05, 0) is 71.6 Å². The zero-order valence-corrected chi connectivity index (χ0v) is 17.7. The number of unbranched alkanes of at least 4 members (excludes halogenated alkanes) is 1. The number of rotatable bonds is 8. The van der Waals surface area contributed by atoms with E-state index in [0.717, 1.165) is 53.9 Å². The second-order valence-electron chi connectivity index (χ2n) is 8.04. The molecule has 2 aromatic rings. The van der Waals surface area contributed by atoms with Crippen LogP contribution in [0.2, 0.25) is 0 Å². The lowest BCUT2D eigenvalue weighted by Gasteiger charge is -2.22. The first-order chi connectivity index (χ1) is 14.1. The summed E-state index contributed by atoms with van der Waals surface area (Å²) in [7, 11) is 0. The van der Waals surface area contributed by atoms with Gasteiger partial charge >= 0.3 is 5.97 Å². The molecule has 0 amide bonds. The summed E-state index contributed by atoms with van der Waals surface area (Å²) >= 11 is 0. The number of allylic oxidation sites excluding steroid dienone is 3. The fourth-order valence-corrected chi connectivity index (χ4v) is 4.15. The van der Waals surface area contributed by atoms with Crippen molar-refractivity contribution < 1.29 is 9.90 Å². The highest BCUT2D eigenvalue weighted by atomic mass is 16.4. The van der Waals surface area contributed by atoms with Gasteiger partial charge in [0.2, 0.25) is 0 Å². The predicted octanol–water partition coefficient (Wildman–Crippen LogP) is 7.85. The Morgan fingerprint density at radius 1 is 1.07 bits per heavy atom. The minimum Gasteiger partial charge on any atom is -0.478 e. The molecular formula is C27H32O2. The van der Waals surface area contributed by atoms with Crippen molar-refractivity contribution in [3.05, 3.63) is 71.3 Å². The molecule has 1 atom stereocenters. The van der Waals surface area contributed by atoms with Crippen LogP contribution < -0.4 is 0 Å². The Balaban J connectivity index is 1.89. The molecule has 0 heterocycles. The molecule has 29 heavy (non-hydrogen) atoms. The number of carboxylic acid groups (broad SMARTS) is 1. The second kappa shape index (κ2) is 10.2. The van der Waals surface area contributed by atoms with Gasteiger partial charge in [0.05, 0.1) is 5.56 Å². The van der Waals surface area contributed by atoms with Crippen molar-refractivity contribution in [2.75, 3.05) is 0 Å². The summed E-state index contributed by atoms with van der Waals surface area (Å²) in [5.41, 5.74) is 5.78. The highest BCUT2D eigenvalue weighted by Gasteiger charge is 2.17. The van der Waals surface area contributed by atoms with Crippen LogP contribution in [0.25, 0.3) is 22.8 Å². The van der Waals surface area contributed by atoms with Gasteiger partial charge in [0.15, 0.2) is 0 Å². The van der Waals surface area contributed by atoms with Crippen molar-refractivity contribution in [3.8, 4) is 11.1 Å². The lowest BCUT2D eigenvalue weighted by atomic mass is 9.83. The molecule has 0 saturated heterocycles. The Labute approximate surface area is 175 Å². The molecule has 2 nitrogen and oxygen atoms in total. The van der Waals surface area contributed by atoms with Gasteiger partial charge in [-0.3, -0.25) is 0 Å². The van der Waals surface area contributed by atoms with Crippen molar-refractivity contribution in [1.82, 2.24) is 0 Å². The first-order valence-electron chi connectivity index (χ1n) is 11.0. The zero-order chi connectivity index (χ0) is 20.6. The summed E-state index contributed by atoms with van der Waals surface area (Å²) in [5, 5.41) is 9.69. The van der Waals surface area contributed by atoms with Crippen LogP contribution in [0.3, 0.4) is 0 Å². The van der Waals surface area contributed by atoms with Crippen LogP contribution in [0.5, 0.6) is 0 Å². The molecular weight excluding hydrogens is 356 g/mol. The normalized spacial score (nSPS) is 16.8. The zero-order valence-electron chi connectivity index (χ0n) is 17.7. The molecule has 1 unspecified atom stereocenters. The number of hydrogen-bond donors (Lipinski definition) is 1. The monoisotopic (exact) mass is 388 g/mol. The summed E-state index contributed by atoms with van der Waals surface area (Å²) in [6, 6.07) is 14.0. The van der Waals surface area contributed by atoms with E-state index < -0.39 is 5.97 Å². The van der Waals surface area contributed by atoms with Crippen molar-refractivity contribution in [2.24, 2.45) is 5.92 Å². The van der Waals surface area contributed by atoms with Crippen LogP contribution in [-0.4, -0.2) is 11.1 Å². The van der Waals surface area contributed by atoms with Crippen molar-refractivity contribution >= 4 is 17.6 Å². The molecule has 0 radical (unpaired) electrons. The summed E-state index contributed by atoms with van der Waals surface area (Å²) in [5.74, 6) is -0.0751. The van der Waals surface area contributed by atoms with E-state index >= 15 is 0 Å². The van der Waals surface area contributed by atoms with Gasteiger partial charge in [-0.1, -0.05) is 81.7 Å². The van der Waals surface area contributed by atoms with Crippen LogP contribution in [0.15, 0.2) is 54.6 Å². The molecule has 0 fully saturated rings. The number of carbonyl (C=O) groups is 1. The van der Waals surface area contributed by atoms with Gasteiger partial charge in [0.1, 0.15) is 0 Å². The van der Waals surface area contributed by atoms with Crippen molar-refractivity contribution in [1.29, 1.82) is 0 Å². The van der Waals surface area contributed by atoms with Crippen molar-refractivity contribution in [3.63, 3.8) is 0 Å². The van der Waals surface area contributed by atoms with E-state index in [4.69, 9.17) is 0 Å². The molecule has 1 N–H and O–H groups in total. The summed E-state index contributed by atoms with van der Waals surface area (Å²) < 4.78 is 0. The summed E-state index contributed by atoms with van der Waals surface area (Å²) in [4.78, 5) is 11.8. The first-order valence-corrected chi connectivity index (χ1v) is 11.0. The first kappa shape index (κ1) is 21.1. The van der Waals surface area contributed by atoms with E-state index in [9.17, 15) is 9.90 Å². The third-order valence-corrected chi connectivity index (χ3v) is 5.82. The highest BCUT2D eigenvalue weighted by Crippen LogP contribution is 2.35. The van der Waals surface area contributed by atoms with Crippen LogP contribution in [0.4, 0.5) is 0 Å². The molecule has 0 bridgehead atoms. The maximum absolute atomic E-state index is 11.8. The fraction of sp³-hybridized carbons (Fsp3) is 0.370. The minimum absolute atomic E-state index is 0.364. The average Bonchev–Trinajstić information content (AvgIpc) is 2.75. The Bertz CT molecular complexity index is 887. The van der Waals surface area contributed by atoms with Crippen molar-refractivity contribution in [2.45, 2.75) is 58.8 Å². The largest absolute Gasteiger partial charge is 0.478 e. The summed E-state index contributed by atoms with van der Waals surface area (Å²) in [6.07, 6.45) is 14.9. The molecule has 0 spiro atoms. The molecule has 1 aliphatic rings. The maximum Gasteiger partial charge on any atom is 0.336 e. The SMILES string of the molecule is CCCC=Cc1ccc(-c2cc(C3=CCC(CCC)CC3)ccc2C(=O)O)cc1. The third kappa shape index (κ3) is 5.47. The molecule has 0 aliphatic heterocycles. The molecule has 0 saturated carbocycles. The number of carboxylic acids is 1. The Kier molecular flexibility index (Phi) is 7.46. The predicted molar refractivity (Wildman–Crippen MR) is 123 cm³/mol. The smallest absolute Gasteiger partial charge is 0.336 e. The molecule has 152 valence electrons. The standard InChI is InChI=1S/C27H32O2/c1-3-5-6-8-21-11-15-23(16-12-21)26-19-24(17-18-25(26)27(28)29)22-13-9-20(7-4-2)10-14-22/h6,8,11-13,15-20H,3-5,7,9-10,14H2,1-2H3,(H,28,29). The van der Waals surface area contributed by atoms with Gasteiger partial charge in [-0.15, -0.1) is 0 Å². The van der Waals surface area contributed by atoms with Crippen LogP contribution in [0, 0.1) is 5.92 Å². The number of benzene rings is 2. The molecule has 3 rings (SSSR count).